The first-order valence-electron chi connectivity index (χ1n) is 14.6. The highest BCUT2D eigenvalue weighted by molar-refractivity contribution is 5.71. The Bertz CT molecular complexity index is 1370. The van der Waals surface area contributed by atoms with Crippen molar-refractivity contribution in [1.82, 2.24) is 9.88 Å². The number of piperidine rings is 1. The molecule has 0 bridgehead atoms. The zero-order valence-corrected chi connectivity index (χ0v) is 24.4. The molecular formula is C34H42N2O4. The highest BCUT2D eigenvalue weighted by atomic mass is 16.5. The van der Waals surface area contributed by atoms with Crippen molar-refractivity contribution in [3.05, 3.63) is 77.0 Å². The highest BCUT2D eigenvalue weighted by Crippen LogP contribution is 2.40. The van der Waals surface area contributed by atoms with E-state index in [0.717, 1.165) is 48.4 Å². The van der Waals surface area contributed by atoms with E-state index >= 15 is 0 Å². The molecule has 6 nitrogen and oxygen atoms in total. The topological polar surface area (TPSA) is 71.9 Å². The van der Waals surface area contributed by atoms with Gasteiger partial charge >= 0.3 is 5.97 Å². The number of carboxylic acids is 1. The Labute approximate surface area is 238 Å². The second-order valence-electron chi connectivity index (χ2n) is 12.1. The van der Waals surface area contributed by atoms with Gasteiger partial charge in [0, 0.05) is 24.3 Å². The van der Waals surface area contributed by atoms with Crippen LogP contribution in [0, 0.1) is 5.92 Å². The van der Waals surface area contributed by atoms with Gasteiger partial charge in [-0.3, -0.25) is 9.69 Å². The van der Waals surface area contributed by atoms with Crippen molar-refractivity contribution < 1.29 is 19.4 Å². The third-order valence-electron chi connectivity index (χ3n) is 9.15. The molecule has 0 saturated carbocycles. The molecule has 3 aromatic rings. The lowest BCUT2D eigenvalue weighted by Crippen LogP contribution is -2.46. The van der Waals surface area contributed by atoms with Crippen molar-refractivity contribution in [2.75, 3.05) is 13.7 Å². The summed E-state index contributed by atoms with van der Waals surface area (Å²) in [6.45, 7) is 10.4. The smallest absolute Gasteiger partial charge is 0.306 e. The van der Waals surface area contributed by atoms with Gasteiger partial charge < -0.3 is 14.6 Å². The molecular weight excluding hydrogens is 500 g/mol. The summed E-state index contributed by atoms with van der Waals surface area (Å²) in [7, 11) is 1.64. The monoisotopic (exact) mass is 542 g/mol. The van der Waals surface area contributed by atoms with E-state index in [0.29, 0.717) is 5.88 Å². The maximum Gasteiger partial charge on any atom is 0.306 e. The fraction of sp³-hybridized carbons (Fsp3) is 0.471. The van der Waals surface area contributed by atoms with E-state index < -0.39 is 11.9 Å². The lowest BCUT2D eigenvalue weighted by molar-refractivity contribution is -0.141. The van der Waals surface area contributed by atoms with Crippen LogP contribution in [-0.2, 0) is 17.8 Å². The second kappa shape index (κ2) is 11.6. The first kappa shape index (κ1) is 28.2. The normalized spacial score (nSPS) is 20.2. The molecule has 1 saturated heterocycles. The zero-order valence-electron chi connectivity index (χ0n) is 24.4. The van der Waals surface area contributed by atoms with Gasteiger partial charge in [0.1, 0.15) is 11.9 Å². The van der Waals surface area contributed by atoms with Gasteiger partial charge in [0.2, 0.25) is 5.88 Å². The molecule has 5 rings (SSSR count). The molecule has 40 heavy (non-hydrogen) atoms. The van der Waals surface area contributed by atoms with Gasteiger partial charge in [0.25, 0.3) is 0 Å². The van der Waals surface area contributed by atoms with Gasteiger partial charge in [0.05, 0.1) is 13.0 Å². The van der Waals surface area contributed by atoms with Crippen LogP contribution < -0.4 is 9.47 Å². The first-order valence-corrected chi connectivity index (χ1v) is 14.6. The number of hydrogen-bond acceptors (Lipinski definition) is 5. The van der Waals surface area contributed by atoms with Crippen molar-refractivity contribution in [3.63, 3.8) is 0 Å². The standard InChI is InChI=1S/C34H42N2O4/c1-22(23(2)33(37)38)25-9-8-24-11-13-30(40-31(24)19-25)29-12-10-26(27-14-16-35-32(20-27)39-5)18-28(29)21-36-17-7-6-15-34(36,3)4/h8-10,12,14,16,18-20,22-23,30H,6-7,11,13,15,17,21H2,1-5H3,(H,37,38)/t22-,23+,30?/m1/s1. The number of rotatable bonds is 8. The predicted octanol–water partition coefficient (Wildman–Crippen LogP) is 7.41. The lowest BCUT2D eigenvalue weighted by atomic mass is 9.86. The van der Waals surface area contributed by atoms with Crippen LogP contribution in [0.4, 0.5) is 0 Å². The summed E-state index contributed by atoms with van der Waals surface area (Å²) in [5.74, 6) is 0.151. The number of methoxy groups -OCH3 is 1. The number of fused-ring (bicyclic) bond motifs is 1. The van der Waals surface area contributed by atoms with Crippen molar-refractivity contribution in [2.24, 2.45) is 5.92 Å². The molecule has 2 aliphatic heterocycles. The fourth-order valence-electron chi connectivity index (χ4n) is 6.15. The Balaban J connectivity index is 1.49. The van der Waals surface area contributed by atoms with Crippen LogP contribution in [0.2, 0.25) is 0 Å². The summed E-state index contributed by atoms with van der Waals surface area (Å²) in [5, 5.41) is 9.53. The van der Waals surface area contributed by atoms with Crippen LogP contribution in [0.5, 0.6) is 11.6 Å². The van der Waals surface area contributed by atoms with E-state index in [1.54, 1.807) is 20.2 Å². The summed E-state index contributed by atoms with van der Waals surface area (Å²) >= 11 is 0. The molecule has 0 amide bonds. The van der Waals surface area contributed by atoms with Crippen LogP contribution in [0.25, 0.3) is 11.1 Å². The molecule has 3 atom stereocenters. The lowest BCUT2D eigenvalue weighted by Gasteiger charge is -2.43. The SMILES string of the molecule is COc1cc(-c2ccc(C3CCc4ccc([C@H](C)[C@H](C)C(=O)O)cc4O3)c(CN3CCCCC3(C)C)c2)ccn1. The summed E-state index contributed by atoms with van der Waals surface area (Å²) in [5.41, 5.74) is 7.09. The molecule has 1 aromatic heterocycles. The van der Waals surface area contributed by atoms with Crippen LogP contribution >= 0.6 is 0 Å². The van der Waals surface area contributed by atoms with Crippen molar-refractivity contribution in [3.8, 4) is 22.8 Å². The Kier molecular flexibility index (Phi) is 8.18. The second-order valence-corrected chi connectivity index (χ2v) is 12.1. The molecule has 2 aromatic carbocycles. The largest absolute Gasteiger partial charge is 0.485 e. The molecule has 3 heterocycles. The Hall–Kier alpha value is -3.38. The van der Waals surface area contributed by atoms with Crippen molar-refractivity contribution in [2.45, 2.75) is 83.9 Å². The third kappa shape index (κ3) is 5.87. The zero-order chi connectivity index (χ0) is 28.4. The van der Waals surface area contributed by atoms with E-state index in [-0.39, 0.29) is 17.6 Å². The number of likely N-dealkylation sites (tertiary alicyclic amines) is 1. The van der Waals surface area contributed by atoms with Gasteiger partial charge in [-0.05, 0) is 104 Å². The average molecular weight is 543 g/mol. The molecule has 6 heteroatoms. The van der Waals surface area contributed by atoms with Crippen LogP contribution in [-0.4, -0.2) is 40.2 Å². The number of hydrogen-bond donors (Lipinski definition) is 1. The molecule has 0 spiro atoms. The molecule has 1 fully saturated rings. The number of benzene rings is 2. The number of ether oxygens (including phenoxy) is 2. The summed E-state index contributed by atoms with van der Waals surface area (Å²) in [6.07, 6.45) is 7.28. The van der Waals surface area contributed by atoms with E-state index in [4.69, 9.17) is 9.47 Å². The maximum absolute atomic E-state index is 11.6. The summed E-state index contributed by atoms with van der Waals surface area (Å²) in [6, 6.07) is 17.0. The molecule has 1 N–H and O–H groups in total. The first-order chi connectivity index (χ1) is 19.2. The minimum Gasteiger partial charge on any atom is -0.485 e. The van der Waals surface area contributed by atoms with Crippen LogP contribution in [0.15, 0.2) is 54.7 Å². The van der Waals surface area contributed by atoms with Gasteiger partial charge in [-0.2, -0.15) is 0 Å². The maximum atomic E-state index is 11.6. The van der Waals surface area contributed by atoms with E-state index in [9.17, 15) is 9.90 Å². The van der Waals surface area contributed by atoms with Crippen molar-refractivity contribution >= 4 is 5.97 Å². The van der Waals surface area contributed by atoms with Gasteiger partial charge in [-0.15, -0.1) is 0 Å². The number of nitrogens with zero attached hydrogens (tertiary/aromatic N) is 2. The Morgan fingerprint density at radius 3 is 2.67 bits per heavy atom. The highest BCUT2D eigenvalue weighted by Gasteiger charge is 2.32. The predicted molar refractivity (Wildman–Crippen MR) is 158 cm³/mol. The number of carboxylic acid groups (broad SMARTS) is 1. The van der Waals surface area contributed by atoms with E-state index in [1.807, 2.05) is 19.1 Å². The Morgan fingerprint density at radius 1 is 1.12 bits per heavy atom. The quantitative estimate of drug-likeness (QED) is 0.320. The van der Waals surface area contributed by atoms with Gasteiger partial charge in [0.15, 0.2) is 0 Å². The molecule has 0 aliphatic carbocycles. The number of aromatic nitrogens is 1. The number of carbonyl (C=O) groups is 1. The van der Waals surface area contributed by atoms with Gasteiger partial charge in [-0.1, -0.05) is 44.5 Å². The third-order valence-corrected chi connectivity index (χ3v) is 9.15. The van der Waals surface area contributed by atoms with Gasteiger partial charge in [-0.25, -0.2) is 4.98 Å². The summed E-state index contributed by atoms with van der Waals surface area (Å²) in [4.78, 5) is 18.5. The molecule has 1 unspecified atom stereocenters. The minimum absolute atomic E-state index is 0.0566. The fourth-order valence-corrected chi connectivity index (χ4v) is 6.15. The minimum atomic E-state index is -0.777. The van der Waals surface area contributed by atoms with Crippen LogP contribution in [0.1, 0.15) is 87.7 Å². The van der Waals surface area contributed by atoms with Crippen LogP contribution in [0.3, 0.4) is 0 Å². The summed E-state index contributed by atoms with van der Waals surface area (Å²) < 4.78 is 12.1. The molecule has 212 valence electrons. The number of pyridine rings is 1. The van der Waals surface area contributed by atoms with E-state index in [2.05, 4.69) is 60.1 Å². The van der Waals surface area contributed by atoms with E-state index in [1.165, 1.54) is 36.0 Å². The average Bonchev–Trinajstić information content (AvgIpc) is 2.96. The van der Waals surface area contributed by atoms with Crippen molar-refractivity contribution in [1.29, 1.82) is 0 Å². The number of aliphatic carboxylic acids is 1. The molecule has 0 radical (unpaired) electrons. The molecule has 2 aliphatic rings. The Morgan fingerprint density at radius 2 is 1.93 bits per heavy atom. The number of aryl methyl sites for hydroxylation is 1.